The van der Waals surface area contributed by atoms with E-state index < -0.39 is 0 Å². The highest BCUT2D eigenvalue weighted by Crippen LogP contribution is 2.02. The van der Waals surface area contributed by atoms with E-state index in [-0.39, 0.29) is 18.1 Å². The summed E-state index contributed by atoms with van der Waals surface area (Å²) in [5, 5.41) is 5.66. The maximum Gasteiger partial charge on any atom is 0.316 e. The van der Waals surface area contributed by atoms with Crippen LogP contribution in [0.2, 0.25) is 0 Å². The Labute approximate surface area is 106 Å². The van der Waals surface area contributed by atoms with Crippen molar-refractivity contribution in [1.29, 1.82) is 0 Å². The molecule has 1 aliphatic heterocycles. The van der Waals surface area contributed by atoms with Gasteiger partial charge in [0, 0.05) is 19.0 Å². The molecule has 2 atom stereocenters. The van der Waals surface area contributed by atoms with E-state index in [9.17, 15) is 4.79 Å². The van der Waals surface area contributed by atoms with E-state index >= 15 is 0 Å². The molecule has 0 bridgehead atoms. The molecule has 2 unspecified atom stereocenters. The fourth-order valence-electron chi connectivity index (χ4n) is 1.88. The van der Waals surface area contributed by atoms with Gasteiger partial charge in [-0.1, -0.05) is 30.3 Å². The van der Waals surface area contributed by atoms with Crippen molar-refractivity contribution in [3.05, 3.63) is 35.9 Å². The minimum atomic E-state index is -0.196. The maximum atomic E-state index is 11.7. The van der Waals surface area contributed by atoms with E-state index in [1.165, 1.54) is 0 Å². The Kier molecular flexibility index (Phi) is 4.52. The van der Waals surface area contributed by atoms with Crippen LogP contribution in [-0.2, 0) is 6.54 Å². The van der Waals surface area contributed by atoms with Gasteiger partial charge in [0.25, 0.3) is 0 Å². The first-order valence-corrected chi connectivity index (χ1v) is 6.06. The van der Waals surface area contributed by atoms with Crippen molar-refractivity contribution in [3.8, 4) is 0 Å². The molecule has 0 aromatic heterocycles. The Morgan fingerprint density at radius 3 is 2.89 bits per heavy atom. The largest absolute Gasteiger partial charge is 0.334 e. The number of hydrazine groups is 1. The molecule has 18 heavy (non-hydrogen) atoms. The predicted molar refractivity (Wildman–Crippen MR) is 69.3 cm³/mol. The molecule has 1 aliphatic rings. The summed E-state index contributed by atoms with van der Waals surface area (Å²) < 4.78 is 0. The Hall–Kier alpha value is -1.63. The van der Waals surface area contributed by atoms with Gasteiger partial charge < -0.3 is 16.4 Å². The molecule has 0 aliphatic carbocycles. The zero-order chi connectivity index (χ0) is 12.8. The predicted octanol–water partition coefficient (Wildman–Crippen LogP) is -0.505. The van der Waals surface area contributed by atoms with Gasteiger partial charge in [0.05, 0.1) is 6.17 Å². The fraction of sp³-hybridized carbons (Fsp3) is 0.417. The summed E-state index contributed by atoms with van der Waals surface area (Å²) >= 11 is 0. The first kappa shape index (κ1) is 12.8. The van der Waals surface area contributed by atoms with Crippen LogP contribution in [0.3, 0.4) is 0 Å². The molecule has 0 saturated carbocycles. The van der Waals surface area contributed by atoms with Gasteiger partial charge >= 0.3 is 6.03 Å². The molecule has 1 aromatic carbocycles. The van der Waals surface area contributed by atoms with Crippen LogP contribution in [0.1, 0.15) is 5.56 Å². The molecule has 2 rings (SSSR count). The van der Waals surface area contributed by atoms with Crippen LogP contribution in [-0.4, -0.2) is 25.3 Å². The lowest BCUT2D eigenvalue weighted by Crippen LogP contribution is -2.51. The van der Waals surface area contributed by atoms with Gasteiger partial charge in [0.2, 0.25) is 0 Å². The van der Waals surface area contributed by atoms with Gasteiger partial charge in [-0.3, -0.25) is 5.43 Å². The number of hydrogen-bond acceptors (Lipinski definition) is 4. The SMILES string of the molecule is NCC1CNNC1NC(=O)NCc1ccccc1. The van der Waals surface area contributed by atoms with Crippen LogP contribution in [0, 0.1) is 5.92 Å². The van der Waals surface area contributed by atoms with E-state index in [0.717, 1.165) is 12.1 Å². The number of nitrogens with one attached hydrogen (secondary N) is 4. The Morgan fingerprint density at radius 1 is 1.39 bits per heavy atom. The smallest absolute Gasteiger partial charge is 0.316 e. The quantitative estimate of drug-likeness (QED) is 0.497. The normalized spacial score (nSPS) is 22.7. The molecular formula is C12H19N5O. The number of rotatable bonds is 4. The molecule has 1 saturated heterocycles. The Morgan fingerprint density at radius 2 is 2.17 bits per heavy atom. The van der Waals surface area contributed by atoms with Gasteiger partial charge in [0.15, 0.2) is 0 Å². The van der Waals surface area contributed by atoms with Crippen molar-refractivity contribution in [2.75, 3.05) is 13.1 Å². The summed E-state index contributed by atoms with van der Waals surface area (Å²) in [6, 6.07) is 9.59. The molecule has 6 nitrogen and oxygen atoms in total. The molecule has 98 valence electrons. The molecule has 0 radical (unpaired) electrons. The Bertz CT molecular complexity index is 383. The summed E-state index contributed by atoms with van der Waals surface area (Å²) in [7, 11) is 0. The summed E-state index contributed by atoms with van der Waals surface area (Å²) in [6.45, 7) is 1.81. The van der Waals surface area contributed by atoms with E-state index in [1.54, 1.807) is 0 Å². The molecule has 0 spiro atoms. The average Bonchev–Trinajstić information content (AvgIpc) is 2.85. The molecule has 1 fully saturated rings. The molecule has 1 aromatic rings. The third kappa shape index (κ3) is 3.43. The van der Waals surface area contributed by atoms with E-state index in [2.05, 4.69) is 21.5 Å². The number of carbonyl (C=O) groups excluding carboxylic acids is 1. The lowest BCUT2D eigenvalue weighted by Gasteiger charge is -2.18. The number of amides is 2. The summed E-state index contributed by atoms with van der Waals surface area (Å²) in [4.78, 5) is 11.7. The standard InChI is InChI=1S/C12H19N5O/c13-6-10-8-15-17-11(10)16-12(18)14-7-9-4-2-1-3-5-9/h1-5,10-11,15,17H,6-8,13H2,(H2,14,16,18). The minimum Gasteiger partial charge on any atom is -0.334 e. The highest BCUT2D eigenvalue weighted by Gasteiger charge is 2.26. The molecular weight excluding hydrogens is 230 g/mol. The Balaban J connectivity index is 1.75. The van der Waals surface area contributed by atoms with Gasteiger partial charge in [-0.15, -0.1) is 0 Å². The number of hydrogen-bond donors (Lipinski definition) is 5. The summed E-state index contributed by atoms with van der Waals surface area (Å²) in [6.07, 6.45) is -0.120. The highest BCUT2D eigenvalue weighted by molar-refractivity contribution is 5.74. The number of benzene rings is 1. The van der Waals surface area contributed by atoms with E-state index in [1.807, 2.05) is 30.3 Å². The van der Waals surface area contributed by atoms with Crippen LogP contribution in [0.15, 0.2) is 30.3 Å². The molecule has 6 N–H and O–H groups in total. The van der Waals surface area contributed by atoms with Crippen molar-refractivity contribution in [2.45, 2.75) is 12.7 Å². The average molecular weight is 249 g/mol. The topological polar surface area (TPSA) is 91.2 Å². The van der Waals surface area contributed by atoms with Crippen molar-refractivity contribution in [2.24, 2.45) is 11.7 Å². The van der Waals surface area contributed by atoms with Gasteiger partial charge in [-0.2, -0.15) is 0 Å². The van der Waals surface area contributed by atoms with Crippen LogP contribution in [0.5, 0.6) is 0 Å². The second kappa shape index (κ2) is 6.34. The molecule has 1 heterocycles. The van der Waals surface area contributed by atoms with Crippen molar-refractivity contribution in [1.82, 2.24) is 21.5 Å². The van der Waals surface area contributed by atoms with Crippen LogP contribution >= 0.6 is 0 Å². The lowest BCUT2D eigenvalue weighted by atomic mass is 10.1. The lowest BCUT2D eigenvalue weighted by molar-refractivity contribution is 0.231. The first-order valence-electron chi connectivity index (χ1n) is 6.06. The van der Waals surface area contributed by atoms with E-state index in [4.69, 9.17) is 5.73 Å². The first-order chi connectivity index (χ1) is 8.79. The number of nitrogens with two attached hydrogens (primary N) is 1. The second-order valence-corrected chi connectivity index (χ2v) is 4.31. The van der Waals surface area contributed by atoms with E-state index in [0.29, 0.717) is 13.1 Å². The maximum absolute atomic E-state index is 11.7. The zero-order valence-electron chi connectivity index (χ0n) is 10.1. The van der Waals surface area contributed by atoms with Crippen molar-refractivity contribution < 1.29 is 4.79 Å². The van der Waals surface area contributed by atoms with Crippen LogP contribution in [0.25, 0.3) is 0 Å². The highest BCUT2D eigenvalue weighted by atomic mass is 16.2. The zero-order valence-corrected chi connectivity index (χ0v) is 10.1. The monoisotopic (exact) mass is 249 g/mol. The molecule has 2 amide bonds. The van der Waals surface area contributed by atoms with Gasteiger partial charge in [-0.25, -0.2) is 10.2 Å². The summed E-state index contributed by atoms with van der Waals surface area (Å²) in [5.41, 5.74) is 12.6. The van der Waals surface area contributed by atoms with Crippen LogP contribution in [0.4, 0.5) is 4.79 Å². The van der Waals surface area contributed by atoms with Gasteiger partial charge in [0.1, 0.15) is 0 Å². The number of carbonyl (C=O) groups is 1. The van der Waals surface area contributed by atoms with Crippen molar-refractivity contribution >= 4 is 6.03 Å². The van der Waals surface area contributed by atoms with Gasteiger partial charge in [-0.05, 0) is 12.1 Å². The fourth-order valence-corrected chi connectivity index (χ4v) is 1.88. The molecule has 6 heteroatoms. The second-order valence-electron chi connectivity index (χ2n) is 4.31. The number of urea groups is 1. The van der Waals surface area contributed by atoms with Crippen LogP contribution < -0.4 is 27.2 Å². The minimum absolute atomic E-state index is 0.120. The third-order valence-electron chi connectivity index (χ3n) is 2.98. The summed E-state index contributed by atoms with van der Waals surface area (Å²) in [5.74, 6) is 0.215. The van der Waals surface area contributed by atoms with Crippen molar-refractivity contribution in [3.63, 3.8) is 0 Å². The third-order valence-corrected chi connectivity index (χ3v) is 2.98.